The third kappa shape index (κ3) is 0.650. The Kier molecular flexibility index (Phi) is 1.06. The average Bonchev–Trinajstić information content (AvgIpc) is 2.34. The molecule has 1 aromatic rings. The zero-order valence-corrected chi connectivity index (χ0v) is 5.86. The highest BCUT2D eigenvalue weighted by molar-refractivity contribution is 5.20. The summed E-state index contributed by atoms with van der Waals surface area (Å²) >= 11 is 0. The highest BCUT2D eigenvalue weighted by Crippen LogP contribution is 2.03. The van der Waals surface area contributed by atoms with Crippen LogP contribution in [0.3, 0.4) is 0 Å². The topological polar surface area (TPSA) is 32.9 Å². The van der Waals surface area contributed by atoms with Crippen LogP contribution in [0.5, 0.6) is 0 Å². The molecule has 10 heavy (non-hydrogen) atoms. The molecule has 1 aliphatic rings. The van der Waals surface area contributed by atoms with Crippen LogP contribution in [0.15, 0.2) is 12.4 Å². The van der Waals surface area contributed by atoms with Crippen LogP contribution < -0.4 is 9.47 Å². The number of anilines is 1. The summed E-state index contributed by atoms with van der Waals surface area (Å²) in [7, 11) is 2.02. The molecule has 0 saturated carbocycles. The van der Waals surface area contributed by atoms with Gasteiger partial charge in [0.05, 0.1) is 26.0 Å². The van der Waals surface area contributed by atoms with Gasteiger partial charge in [-0.2, -0.15) is 0 Å². The summed E-state index contributed by atoms with van der Waals surface area (Å²) in [5, 5.41) is 7.77. The van der Waals surface area contributed by atoms with Crippen molar-refractivity contribution in [1.82, 2.24) is 10.2 Å². The molecule has 1 aromatic heterocycles. The molecule has 0 atom stereocenters. The number of hydrogen-bond donors (Lipinski definition) is 0. The van der Waals surface area contributed by atoms with Gasteiger partial charge >= 0.3 is 5.95 Å². The monoisotopic (exact) mass is 137 g/mol. The highest BCUT2D eigenvalue weighted by Gasteiger charge is 2.24. The minimum Gasteiger partial charge on any atom is -0.259 e. The lowest BCUT2D eigenvalue weighted by molar-refractivity contribution is -0.673. The van der Waals surface area contributed by atoms with Gasteiger partial charge in [-0.25, -0.2) is 4.57 Å². The summed E-state index contributed by atoms with van der Waals surface area (Å²) in [6.45, 7) is 2.07. The van der Waals surface area contributed by atoms with Gasteiger partial charge < -0.3 is 0 Å². The molecule has 0 unspecified atom stereocenters. The second-order valence-electron chi connectivity index (χ2n) is 2.43. The first-order valence-corrected chi connectivity index (χ1v) is 3.30. The predicted molar refractivity (Wildman–Crippen MR) is 35.5 cm³/mol. The van der Waals surface area contributed by atoms with E-state index < -0.39 is 0 Å². The van der Waals surface area contributed by atoms with Crippen LogP contribution in [-0.2, 0) is 6.54 Å². The normalized spacial score (nSPS) is 15.5. The molecule has 0 amide bonds. The Hall–Kier alpha value is -1.19. The van der Waals surface area contributed by atoms with Crippen molar-refractivity contribution in [2.45, 2.75) is 6.54 Å². The predicted octanol–water partition coefficient (Wildman–Crippen LogP) is -0.786. The summed E-state index contributed by atoms with van der Waals surface area (Å²) in [4.78, 5) is 2.09. The van der Waals surface area contributed by atoms with E-state index in [4.69, 9.17) is 0 Å². The highest BCUT2D eigenvalue weighted by atomic mass is 15.4. The lowest BCUT2D eigenvalue weighted by atomic mass is 10.6. The van der Waals surface area contributed by atoms with Crippen LogP contribution in [0, 0.1) is 0 Å². The van der Waals surface area contributed by atoms with E-state index in [-0.39, 0.29) is 0 Å². The van der Waals surface area contributed by atoms with Crippen LogP contribution in [0.1, 0.15) is 0 Å². The number of rotatable bonds is 0. The fraction of sp³-hybridized carbons (Fsp3) is 0.500. The summed E-state index contributed by atoms with van der Waals surface area (Å²) < 4.78 is 2.09. The molecule has 4 nitrogen and oxygen atoms in total. The van der Waals surface area contributed by atoms with Crippen LogP contribution in [-0.4, -0.2) is 23.8 Å². The molecule has 0 aliphatic carbocycles. The maximum atomic E-state index is 3.98. The fourth-order valence-electron chi connectivity index (χ4n) is 1.15. The second-order valence-corrected chi connectivity index (χ2v) is 2.43. The third-order valence-electron chi connectivity index (χ3n) is 1.74. The minimum absolute atomic E-state index is 0.961. The van der Waals surface area contributed by atoms with E-state index in [0.717, 1.165) is 19.0 Å². The standard InChI is InChI=1S/C6H9N4/c1-9-4-5-10-3-2-7-8-6(9)10/h2-3H,4-5H2,1H3/q+1. The Morgan fingerprint density at radius 3 is 3.40 bits per heavy atom. The van der Waals surface area contributed by atoms with E-state index in [1.54, 1.807) is 6.20 Å². The van der Waals surface area contributed by atoms with Gasteiger partial charge in [-0.15, -0.1) is 0 Å². The first kappa shape index (κ1) is 5.58. The summed E-state index contributed by atoms with van der Waals surface area (Å²) in [6, 6.07) is 0. The van der Waals surface area contributed by atoms with E-state index >= 15 is 0 Å². The van der Waals surface area contributed by atoms with Crippen LogP contribution >= 0.6 is 0 Å². The average molecular weight is 137 g/mol. The van der Waals surface area contributed by atoms with Crippen molar-refractivity contribution in [1.29, 1.82) is 0 Å². The number of hydrogen-bond acceptors (Lipinski definition) is 3. The third-order valence-corrected chi connectivity index (χ3v) is 1.74. The molecule has 0 saturated heterocycles. The van der Waals surface area contributed by atoms with Gasteiger partial charge in [-0.1, -0.05) is 5.10 Å². The van der Waals surface area contributed by atoms with Crippen LogP contribution in [0.2, 0.25) is 0 Å². The lowest BCUT2D eigenvalue weighted by Crippen LogP contribution is -2.31. The molecule has 2 heterocycles. The number of likely N-dealkylation sites (N-methyl/N-ethyl adjacent to an activating group) is 1. The minimum atomic E-state index is 0.961. The molecule has 2 rings (SSSR count). The Bertz CT molecular complexity index is 247. The first-order valence-electron chi connectivity index (χ1n) is 3.30. The Labute approximate surface area is 59.1 Å². The largest absolute Gasteiger partial charge is 0.416 e. The fourth-order valence-corrected chi connectivity index (χ4v) is 1.15. The molecule has 4 heteroatoms. The summed E-state index contributed by atoms with van der Waals surface area (Å²) in [6.07, 6.45) is 3.66. The quantitative estimate of drug-likeness (QED) is 0.439. The van der Waals surface area contributed by atoms with Gasteiger partial charge in [0.1, 0.15) is 6.54 Å². The van der Waals surface area contributed by atoms with Crippen molar-refractivity contribution in [2.75, 3.05) is 18.5 Å². The SMILES string of the molecule is CN1CC[n+]2ccnnc21. The Morgan fingerprint density at radius 2 is 2.60 bits per heavy atom. The molecule has 0 fully saturated rings. The van der Waals surface area contributed by atoms with E-state index in [0.29, 0.717) is 0 Å². The van der Waals surface area contributed by atoms with Crippen molar-refractivity contribution in [2.24, 2.45) is 0 Å². The number of fused-ring (bicyclic) bond motifs is 1. The van der Waals surface area contributed by atoms with Gasteiger partial charge in [0.15, 0.2) is 0 Å². The van der Waals surface area contributed by atoms with Gasteiger partial charge in [0, 0.05) is 5.10 Å². The molecule has 1 aliphatic heterocycles. The molecule has 0 bridgehead atoms. The van der Waals surface area contributed by atoms with Crippen molar-refractivity contribution in [3.05, 3.63) is 12.4 Å². The zero-order valence-electron chi connectivity index (χ0n) is 5.86. The maximum absolute atomic E-state index is 3.98. The summed E-state index contributed by atoms with van der Waals surface area (Å²) in [5.74, 6) is 0.961. The zero-order chi connectivity index (χ0) is 6.97. The van der Waals surface area contributed by atoms with E-state index in [1.807, 2.05) is 13.2 Å². The molecule has 52 valence electrons. The Balaban J connectivity index is 2.51. The van der Waals surface area contributed by atoms with Gasteiger partial charge in [-0.05, 0) is 0 Å². The van der Waals surface area contributed by atoms with E-state index in [2.05, 4.69) is 19.7 Å². The van der Waals surface area contributed by atoms with Gasteiger partial charge in [-0.3, -0.25) is 4.90 Å². The van der Waals surface area contributed by atoms with Crippen LogP contribution in [0.25, 0.3) is 0 Å². The molecular weight excluding hydrogens is 128 g/mol. The summed E-state index contributed by atoms with van der Waals surface area (Å²) in [5.41, 5.74) is 0. The van der Waals surface area contributed by atoms with Gasteiger partial charge in [0.2, 0.25) is 0 Å². The van der Waals surface area contributed by atoms with E-state index in [1.165, 1.54) is 0 Å². The Morgan fingerprint density at radius 1 is 1.70 bits per heavy atom. The van der Waals surface area contributed by atoms with E-state index in [9.17, 15) is 0 Å². The molecule has 0 spiro atoms. The number of aromatic nitrogens is 3. The maximum Gasteiger partial charge on any atom is 0.416 e. The number of nitrogens with zero attached hydrogens (tertiary/aromatic N) is 4. The lowest BCUT2D eigenvalue weighted by Gasteiger charge is -1.96. The second kappa shape index (κ2) is 1.90. The smallest absolute Gasteiger partial charge is 0.259 e. The molecule has 0 N–H and O–H groups in total. The molecular formula is C6H9N4+. The molecule has 0 radical (unpaired) electrons. The first-order chi connectivity index (χ1) is 4.88. The van der Waals surface area contributed by atoms with Gasteiger partial charge in [0.25, 0.3) is 0 Å². The van der Waals surface area contributed by atoms with Crippen LogP contribution in [0.4, 0.5) is 5.95 Å². The van der Waals surface area contributed by atoms with Crippen molar-refractivity contribution in [3.63, 3.8) is 0 Å². The van der Waals surface area contributed by atoms with Crippen molar-refractivity contribution in [3.8, 4) is 0 Å². The molecule has 0 aromatic carbocycles. The van der Waals surface area contributed by atoms with Crippen molar-refractivity contribution >= 4 is 5.95 Å². The van der Waals surface area contributed by atoms with Crippen molar-refractivity contribution < 1.29 is 4.57 Å².